The number of benzene rings is 2. The highest BCUT2D eigenvalue weighted by Gasteiger charge is 2.35. The maximum atomic E-state index is 14.6. The molecule has 0 spiro atoms. The van der Waals surface area contributed by atoms with Gasteiger partial charge in [0.05, 0.1) is 13.1 Å². The van der Waals surface area contributed by atoms with Crippen LogP contribution in [0.1, 0.15) is 16.7 Å². The van der Waals surface area contributed by atoms with Crippen molar-refractivity contribution in [2.45, 2.75) is 25.6 Å². The number of aryl methyl sites for hydroxylation is 1. The minimum absolute atomic E-state index is 0.0218. The highest BCUT2D eigenvalue weighted by molar-refractivity contribution is 5.27. The van der Waals surface area contributed by atoms with E-state index < -0.39 is 17.2 Å². The van der Waals surface area contributed by atoms with E-state index in [1.54, 1.807) is 0 Å². The van der Waals surface area contributed by atoms with Gasteiger partial charge in [-0.3, -0.25) is 4.90 Å². The number of rotatable bonds is 8. The summed E-state index contributed by atoms with van der Waals surface area (Å²) < 4.78 is 29.4. The van der Waals surface area contributed by atoms with Crippen molar-refractivity contribution in [1.82, 2.24) is 19.7 Å². The molecular weight excluding hydrogens is 374 g/mol. The highest BCUT2D eigenvalue weighted by atomic mass is 19.1. The van der Waals surface area contributed by atoms with Crippen LogP contribution in [-0.2, 0) is 18.7 Å². The number of aliphatic hydroxyl groups is 1. The zero-order valence-electron chi connectivity index (χ0n) is 16.1. The maximum Gasteiger partial charge on any atom is 0.137 e. The van der Waals surface area contributed by atoms with E-state index in [0.717, 1.165) is 23.3 Å². The lowest BCUT2D eigenvalue weighted by atomic mass is 9.92. The summed E-state index contributed by atoms with van der Waals surface area (Å²) in [7, 11) is 0. The normalized spacial score (nSPS) is 13.2. The van der Waals surface area contributed by atoms with Crippen molar-refractivity contribution in [1.29, 1.82) is 0 Å². The van der Waals surface area contributed by atoms with Gasteiger partial charge in [0.1, 0.15) is 29.9 Å². The van der Waals surface area contributed by atoms with Crippen LogP contribution < -0.4 is 0 Å². The van der Waals surface area contributed by atoms with Crippen LogP contribution in [0.15, 0.2) is 55.1 Å². The molecule has 0 radical (unpaired) electrons. The molecular formula is C22H22F2N4O. The molecule has 0 saturated carbocycles. The Labute approximate surface area is 168 Å². The lowest BCUT2D eigenvalue weighted by Gasteiger charge is -2.34. The SMILES string of the molecule is C#CCN(Cc1ccccc1C)CC(O)(Cn1cncn1)c1ccc(F)cc1F. The van der Waals surface area contributed by atoms with Gasteiger partial charge in [-0.1, -0.05) is 36.3 Å². The Balaban J connectivity index is 1.95. The van der Waals surface area contributed by atoms with Crippen LogP contribution in [0, 0.1) is 30.9 Å². The molecule has 1 heterocycles. The molecule has 0 saturated heterocycles. The van der Waals surface area contributed by atoms with Crippen molar-refractivity contribution in [3.63, 3.8) is 0 Å². The van der Waals surface area contributed by atoms with Crippen molar-refractivity contribution in [2.24, 2.45) is 0 Å². The Bertz CT molecular complexity index is 1000. The third kappa shape index (κ3) is 5.05. The molecule has 3 aromatic rings. The monoisotopic (exact) mass is 396 g/mol. The van der Waals surface area contributed by atoms with E-state index >= 15 is 0 Å². The third-order valence-corrected chi connectivity index (χ3v) is 4.78. The van der Waals surface area contributed by atoms with Crippen molar-refractivity contribution >= 4 is 0 Å². The minimum Gasteiger partial charge on any atom is -0.382 e. The lowest BCUT2D eigenvalue weighted by molar-refractivity contribution is -0.0205. The van der Waals surface area contributed by atoms with E-state index in [-0.39, 0.29) is 25.2 Å². The fraction of sp³-hybridized carbons (Fsp3) is 0.273. The predicted octanol–water partition coefficient (Wildman–Crippen LogP) is 2.89. The molecule has 0 aliphatic heterocycles. The van der Waals surface area contributed by atoms with Crippen LogP contribution >= 0.6 is 0 Å². The average molecular weight is 396 g/mol. The number of aromatic nitrogens is 3. The van der Waals surface area contributed by atoms with Gasteiger partial charge >= 0.3 is 0 Å². The summed E-state index contributed by atoms with van der Waals surface area (Å²) in [5.41, 5.74) is 0.402. The second kappa shape index (κ2) is 8.95. The zero-order valence-corrected chi connectivity index (χ0v) is 16.1. The van der Waals surface area contributed by atoms with E-state index in [9.17, 15) is 13.9 Å². The number of hydrogen-bond donors (Lipinski definition) is 1. The van der Waals surface area contributed by atoms with Crippen molar-refractivity contribution < 1.29 is 13.9 Å². The third-order valence-electron chi connectivity index (χ3n) is 4.78. The van der Waals surface area contributed by atoms with Gasteiger partial charge in [0.2, 0.25) is 0 Å². The molecule has 2 aromatic carbocycles. The molecule has 0 aliphatic rings. The average Bonchev–Trinajstić information content (AvgIpc) is 3.16. The molecule has 1 aromatic heterocycles. The summed E-state index contributed by atoms with van der Waals surface area (Å²) >= 11 is 0. The van der Waals surface area contributed by atoms with Crippen LogP contribution in [-0.4, -0.2) is 37.9 Å². The van der Waals surface area contributed by atoms with Gasteiger partial charge in [-0.15, -0.1) is 6.42 Å². The fourth-order valence-electron chi connectivity index (χ4n) is 3.36. The van der Waals surface area contributed by atoms with Gasteiger partial charge < -0.3 is 5.11 Å². The van der Waals surface area contributed by atoms with Crippen LogP contribution in [0.25, 0.3) is 0 Å². The van der Waals surface area contributed by atoms with Crippen molar-refractivity contribution in [3.8, 4) is 12.3 Å². The van der Waals surface area contributed by atoms with E-state index in [1.165, 1.54) is 23.4 Å². The smallest absolute Gasteiger partial charge is 0.137 e. The lowest BCUT2D eigenvalue weighted by Crippen LogP contribution is -2.44. The maximum absolute atomic E-state index is 14.6. The summed E-state index contributed by atoms with van der Waals surface area (Å²) in [6, 6.07) is 11.0. The first kappa shape index (κ1) is 20.6. The molecule has 150 valence electrons. The molecule has 1 unspecified atom stereocenters. The Morgan fingerprint density at radius 3 is 2.69 bits per heavy atom. The number of hydrogen-bond acceptors (Lipinski definition) is 4. The van der Waals surface area contributed by atoms with E-state index in [0.29, 0.717) is 6.54 Å². The van der Waals surface area contributed by atoms with E-state index in [4.69, 9.17) is 6.42 Å². The minimum atomic E-state index is -1.70. The highest BCUT2D eigenvalue weighted by Crippen LogP contribution is 2.28. The van der Waals surface area contributed by atoms with Gasteiger partial charge in [0.25, 0.3) is 0 Å². The molecule has 1 N–H and O–H groups in total. The van der Waals surface area contributed by atoms with Gasteiger partial charge in [0, 0.05) is 24.7 Å². The van der Waals surface area contributed by atoms with Crippen molar-refractivity contribution in [3.05, 3.63) is 83.4 Å². The van der Waals surface area contributed by atoms with Gasteiger partial charge in [-0.05, 0) is 24.1 Å². The topological polar surface area (TPSA) is 54.2 Å². The van der Waals surface area contributed by atoms with Crippen LogP contribution in [0.4, 0.5) is 8.78 Å². The van der Waals surface area contributed by atoms with E-state index in [1.807, 2.05) is 36.1 Å². The van der Waals surface area contributed by atoms with Crippen molar-refractivity contribution in [2.75, 3.05) is 13.1 Å². The largest absolute Gasteiger partial charge is 0.382 e. The quantitative estimate of drug-likeness (QED) is 0.595. The molecule has 3 rings (SSSR count). The van der Waals surface area contributed by atoms with Crippen LogP contribution in [0.3, 0.4) is 0 Å². The second-order valence-corrected chi connectivity index (χ2v) is 7.02. The summed E-state index contributed by atoms with van der Waals surface area (Å²) in [5, 5.41) is 15.5. The van der Waals surface area contributed by atoms with Gasteiger partial charge in [-0.2, -0.15) is 5.10 Å². The van der Waals surface area contributed by atoms with Gasteiger partial charge in [0.15, 0.2) is 0 Å². The van der Waals surface area contributed by atoms with Crippen LogP contribution in [0.2, 0.25) is 0 Å². The first-order valence-corrected chi connectivity index (χ1v) is 9.12. The fourth-order valence-corrected chi connectivity index (χ4v) is 3.36. The van der Waals surface area contributed by atoms with Gasteiger partial charge in [-0.25, -0.2) is 18.4 Å². The first-order valence-electron chi connectivity index (χ1n) is 9.12. The summed E-state index contributed by atoms with van der Waals surface area (Å²) in [5.74, 6) is 1.05. The number of halogens is 2. The summed E-state index contributed by atoms with van der Waals surface area (Å²) in [4.78, 5) is 5.72. The standard InChI is InChI=1S/C22H22F2N4O/c1-3-10-27(12-18-7-5-4-6-17(18)2)13-22(29,14-28-16-25-15-26-28)20-9-8-19(23)11-21(20)24/h1,4-9,11,15-16,29H,10,12-14H2,2H3. The first-order chi connectivity index (χ1) is 13.9. The molecule has 29 heavy (non-hydrogen) atoms. The summed E-state index contributed by atoms with van der Waals surface area (Å²) in [6.07, 6.45) is 8.30. The molecule has 1 atom stereocenters. The molecule has 7 heteroatoms. The Morgan fingerprint density at radius 1 is 1.24 bits per heavy atom. The predicted molar refractivity (Wildman–Crippen MR) is 106 cm³/mol. The Morgan fingerprint density at radius 2 is 2.03 bits per heavy atom. The zero-order chi connectivity index (χ0) is 20.9. The van der Waals surface area contributed by atoms with Crippen LogP contribution in [0.5, 0.6) is 0 Å². The number of terminal acetylenes is 1. The second-order valence-electron chi connectivity index (χ2n) is 7.02. The molecule has 0 fully saturated rings. The molecule has 5 nitrogen and oxygen atoms in total. The molecule has 0 amide bonds. The summed E-state index contributed by atoms with van der Waals surface area (Å²) in [6.45, 7) is 2.67. The van der Waals surface area contributed by atoms with E-state index in [2.05, 4.69) is 16.0 Å². The number of nitrogens with zero attached hydrogens (tertiary/aromatic N) is 4. The Hall–Kier alpha value is -3.08. The molecule has 0 aliphatic carbocycles. The molecule has 0 bridgehead atoms. The Kier molecular flexibility index (Phi) is 6.37.